The van der Waals surface area contributed by atoms with E-state index in [2.05, 4.69) is 10.2 Å². The monoisotopic (exact) mass is 270 g/mol. The smallest absolute Gasteiger partial charge is 0.234 e. The number of likely N-dealkylation sites (tertiary alicyclic amines) is 1. The number of aliphatic hydroxyl groups excluding tert-OH is 1. The number of amides is 1. The first kappa shape index (κ1) is 14.8. The van der Waals surface area contributed by atoms with Crippen molar-refractivity contribution in [3.05, 3.63) is 0 Å². The third kappa shape index (κ3) is 4.75. The molecule has 2 atom stereocenters. The van der Waals surface area contributed by atoms with Gasteiger partial charge in [0.15, 0.2) is 0 Å². The third-order valence-electron chi connectivity index (χ3n) is 4.11. The summed E-state index contributed by atoms with van der Waals surface area (Å²) in [6.07, 6.45) is 6.80. The van der Waals surface area contributed by atoms with Crippen molar-refractivity contribution < 1.29 is 14.6 Å². The Labute approximate surface area is 115 Å². The molecule has 5 nitrogen and oxygen atoms in total. The topological polar surface area (TPSA) is 61.8 Å². The van der Waals surface area contributed by atoms with Gasteiger partial charge in [-0.1, -0.05) is 12.8 Å². The minimum atomic E-state index is 0.0517. The van der Waals surface area contributed by atoms with E-state index < -0.39 is 0 Å². The van der Waals surface area contributed by atoms with Crippen molar-refractivity contribution in [1.82, 2.24) is 10.2 Å². The van der Waals surface area contributed by atoms with Crippen LogP contribution in [0.1, 0.15) is 38.5 Å². The molecule has 0 aromatic rings. The maximum Gasteiger partial charge on any atom is 0.234 e. The number of ether oxygens (including phenoxy) is 1. The number of rotatable bonds is 5. The molecule has 2 aliphatic rings. The van der Waals surface area contributed by atoms with Crippen molar-refractivity contribution in [2.45, 2.75) is 50.7 Å². The Morgan fingerprint density at radius 1 is 1.26 bits per heavy atom. The van der Waals surface area contributed by atoms with Crippen molar-refractivity contribution in [1.29, 1.82) is 0 Å². The highest BCUT2D eigenvalue weighted by Crippen LogP contribution is 2.16. The van der Waals surface area contributed by atoms with Crippen LogP contribution < -0.4 is 5.32 Å². The lowest BCUT2D eigenvalue weighted by molar-refractivity contribution is -0.123. The molecule has 2 saturated heterocycles. The largest absolute Gasteiger partial charge is 0.395 e. The summed E-state index contributed by atoms with van der Waals surface area (Å²) in [6, 6.07) is 0.149. The summed E-state index contributed by atoms with van der Waals surface area (Å²) in [4.78, 5) is 14.1. The van der Waals surface area contributed by atoms with Crippen LogP contribution >= 0.6 is 0 Å². The molecule has 2 fully saturated rings. The van der Waals surface area contributed by atoms with Crippen molar-refractivity contribution in [2.24, 2.45) is 0 Å². The fraction of sp³-hybridized carbons (Fsp3) is 0.929. The van der Waals surface area contributed by atoms with Gasteiger partial charge in [0.05, 0.1) is 19.3 Å². The van der Waals surface area contributed by atoms with Crippen LogP contribution in [0.2, 0.25) is 0 Å². The van der Waals surface area contributed by atoms with Gasteiger partial charge in [-0.25, -0.2) is 0 Å². The second-order valence-corrected chi connectivity index (χ2v) is 5.60. The van der Waals surface area contributed by atoms with E-state index in [1.54, 1.807) is 0 Å². The molecule has 0 aromatic carbocycles. The Morgan fingerprint density at radius 3 is 2.89 bits per heavy atom. The maximum atomic E-state index is 12.0. The summed E-state index contributed by atoms with van der Waals surface area (Å²) in [5, 5.41) is 12.4. The number of carbonyl (C=O) groups is 1. The average molecular weight is 270 g/mol. The first-order chi connectivity index (χ1) is 9.29. The van der Waals surface area contributed by atoms with Gasteiger partial charge in [0.1, 0.15) is 0 Å². The Kier molecular flexibility index (Phi) is 6.07. The van der Waals surface area contributed by atoms with E-state index in [9.17, 15) is 9.90 Å². The Morgan fingerprint density at radius 2 is 2.16 bits per heavy atom. The normalized spacial score (nSPS) is 29.1. The Balaban J connectivity index is 1.72. The van der Waals surface area contributed by atoms with Gasteiger partial charge in [0.2, 0.25) is 5.91 Å². The third-order valence-corrected chi connectivity index (χ3v) is 4.11. The number of nitrogens with one attached hydrogen (secondary N) is 1. The molecule has 2 unspecified atom stereocenters. The van der Waals surface area contributed by atoms with E-state index in [0.717, 1.165) is 45.3 Å². The summed E-state index contributed by atoms with van der Waals surface area (Å²) in [7, 11) is 0. The van der Waals surface area contributed by atoms with E-state index >= 15 is 0 Å². The second kappa shape index (κ2) is 7.82. The maximum absolute atomic E-state index is 12.0. The van der Waals surface area contributed by atoms with E-state index in [1.165, 1.54) is 6.42 Å². The first-order valence-corrected chi connectivity index (χ1v) is 7.53. The van der Waals surface area contributed by atoms with Crippen LogP contribution in [-0.4, -0.2) is 60.9 Å². The molecule has 0 spiro atoms. The molecule has 0 aromatic heterocycles. The summed E-state index contributed by atoms with van der Waals surface area (Å²) in [5.41, 5.74) is 0. The summed E-state index contributed by atoms with van der Waals surface area (Å²) < 4.78 is 5.49. The highest BCUT2D eigenvalue weighted by Gasteiger charge is 2.23. The molecule has 2 N–H and O–H groups in total. The SMILES string of the molecule is O=C(CN1CCCCCC1CO)NCC1CCCO1. The van der Waals surface area contributed by atoms with Crippen molar-refractivity contribution in [3.63, 3.8) is 0 Å². The predicted octanol–water partition coefficient (Wildman–Crippen LogP) is 0.519. The average Bonchev–Trinajstić information content (AvgIpc) is 2.83. The van der Waals surface area contributed by atoms with E-state index in [1.807, 2.05) is 0 Å². The molecule has 0 radical (unpaired) electrons. The van der Waals surface area contributed by atoms with Gasteiger partial charge in [-0.05, 0) is 32.2 Å². The quantitative estimate of drug-likeness (QED) is 0.764. The second-order valence-electron chi connectivity index (χ2n) is 5.60. The van der Waals surface area contributed by atoms with Crippen LogP contribution in [-0.2, 0) is 9.53 Å². The minimum absolute atomic E-state index is 0.0517. The van der Waals surface area contributed by atoms with Crippen molar-refractivity contribution >= 4 is 5.91 Å². The molecule has 19 heavy (non-hydrogen) atoms. The first-order valence-electron chi connectivity index (χ1n) is 7.53. The van der Waals surface area contributed by atoms with Crippen molar-refractivity contribution in [3.8, 4) is 0 Å². The van der Waals surface area contributed by atoms with Crippen LogP contribution in [0.25, 0.3) is 0 Å². The molecule has 0 aliphatic carbocycles. The zero-order valence-electron chi connectivity index (χ0n) is 11.6. The Hall–Kier alpha value is -0.650. The van der Waals surface area contributed by atoms with Crippen molar-refractivity contribution in [2.75, 3.05) is 32.8 Å². The lowest BCUT2D eigenvalue weighted by Gasteiger charge is -2.27. The number of hydrogen-bond acceptors (Lipinski definition) is 4. The molecule has 110 valence electrons. The number of nitrogens with zero attached hydrogens (tertiary/aromatic N) is 1. The molecule has 0 bridgehead atoms. The molecule has 2 rings (SSSR count). The number of carbonyl (C=O) groups excluding carboxylic acids is 1. The molecule has 2 aliphatic heterocycles. The summed E-state index contributed by atoms with van der Waals surface area (Å²) in [6.45, 7) is 2.91. The summed E-state index contributed by atoms with van der Waals surface area (Å²) >= 11 is 0. The predicted molar refractivity (Wildman–Crippen MR) is 72.9 cm³/mol. The Bertz CT molecular complexity index is 280. The van der Waals surface area contributed by atoms with E-state index in [4.69, 9.17) is 4.74 Å². The fourth-order valence-electron chi connectivity index (χ4n) is 2.93. The van der Waals surface area contributed by atoms with E-state index in [-0.39, 0.29) is 24.7 Å². The lowest BCUT2D eigenvalue weighted by atomic mass is 10.1. The zero-order valence-corrected chi connectivity index (χ0v) is 11.6. The van der Waals surface area contributed by atoms with Gasteiger partial charge < -0.3 is 15.2 Å². The van der Waals surface area contributed by atoms with Gasteiger partial charge in [-0.2, -0.15) is 0 Å². The van der Waals surface area contributed by atoms with Crippen LogP contribution in [0.5, 0.6) is 0 Å². The highest BCUT2D eigenvalue weighted by molar-refractivity contribution is 5.78. The van der Waals surface area contributed by atoms with E-state index in [0.29, 0.717) is 13.1 Å². The molecular formula is C14H26N2O3. The van der Waals surface area contributed by atoms with Gasteiger partial charge in [0, 0.05) is 19.2 Å². The number of aliphatic hydroxyl groups is 1. The minimum Gasteiger partial charge on any atom is -0.395 e. The van der Waals surface area contributed by atoms with Crippen LogP contribution in [0.3, 0.4) is 0 Å². The standard InChI is InChI=1S/C14H26N2O3/c17-11-12-5-2-1-3-7-16(12)10-14(18)15-9-13-6-4-8-19-13/h12-13,17H,1-11H2,(H,15,18). The zero-order chi connectivity index (χ0) is 13.5. The van der Waals surface area contributed by atoms with Gasteiger partial charge in [-0.3, -0.25) is 9.69 Å². The number of hydrogen-bond donors (Lipinski definition) is 2. The lowest BCUT2D eigenvalue weighted by Crippen LogP contribution is -2.45. The molecule has 5 heteroatoms. The van der Waals surface area contributed by atoms with Crippen LogP contribution in [0.15, 0.2) is 0 Å². The molecular weight excluding hydrogens is 244 g/mol. The van der Waals surface area contributed by atoms with Gasteiger partial charge >= 0.3 is 0 Å². The molecule has 2 heterocycles. The molecule has 1 amide bonds. The molecule has 0 saturated carbocycles. The van der Waals surface area contributed by atoms with Gasteiger partial charge in [-0.15, -0.1) is 0 Å². The fourth-order valence-corrected chi connectivity index (χ4v) is 2.93. The van der Waals surface area contributed by atoms with Gasteiger partial charge in [0.25, 0.3) is 0 Å². The highest BCUT2D eigenvalue weighted by atomic mass is 16.5. The van der Waals surface area contributed by atoms with Crippen LogP contribution in [0.4, 0.5) is 0 Å². The summed E-state index contributed by atoms with van der Waals surface area (Å²) in [5.74, 6) is 0.0517. The van der Waals surface area contributed by atoms with Crippen LogP contribution in [0, 0.1) is 0 Å².